The maximum absolute atomic E-state index is 5.39. The number of nitrogens with zero attached hydrogens (tertiary/aromatic N) is 1. The summed E-state index contributed by atoms with van der Waals surface area (Å²) in [6.07, 6.45) is 4.81. The van der Waals surface area contributed by atoms with Crippen molar-refractivity contribution in [3.8, 4) is 0 Å². The normalized spacial score (nSPS) is 19.8. The summed E-state index contributed by atoms with van der Waals surface area (Å²) in [6.45, 7) is 21.9. The Hall–Kier alpha value is -0.240. The van der Waals surface area contributed by atoms with Gasteiger partial charge < -0.3 is 31.6 Å². The highest BCUT2D eigenvalue weighted by Crippen LogP contribution is 2.16. The second kappa shape index (κ2) is 23.8. The van der Waals surface area contributed by atoms with Gasteiger partial charge in [0.2, 0.25) is 0 Å². The van der Waals surface area contributed by atoms with Crippen LogP contribution in [-0.4, -0.2) is 57.5 Å². The lowest BCUT2D eigenvalue weighted by Crippen LogP contribution is -2.35. The first-order valence-corrected chi connectivity index (χ1v) is 9.83. The Morgan fingerprint density at radius 3 is 1.59 bits per heavy atom. The molecule has 0 spiro atoms. The maximum Gasteiger partial charge on any atom is 0.0792 e. The minimum atomic E-state index is 0.269. The second-order valence-corrected chi connectivity index (χ2v) is 6.74. The monoisotopic (exact) mass is 387 g/mol. The van der Waals surface area contributed by atoms with Gasteiger partial charge in [0.25, 0.3) is 0 Å². The van der Waals surface area contributed by atoms with Crippen molar-refractivity contribution >= 4 is 0 Å². The first kappa shape index (κ1) is 31.5. The van der Waals surface area contributed by atoms with E-state index in [-0.39, 0.29) is 12.2 Å². The number of hydrogen-bond donors (Lipinski definition) is 3. The van der Waals surface area contributed by atoms with Gasteiger partial charge in [0.15, 0.2) is 0 Å². The van der Waals surface area contributed by atoms with E-state index in [2.05, 4.69) is 34.6 Å². The van der Waals surface area contributed by atoms with E-state index >= 15 is 0 Å². The molecule has 0 saturated carbocycles. The SMILES string of the molecule is C[C](N)C1CCO1.N[CH]C1CCO1.[CH2]C(C)CC.[CH2]CCN.[CH2]CN(C)C. The molecule has 0 aromatic rings. The van der Waals surface area contributed by atoms with Gasteiger partial charge in [-0.25, -0.2) is 0 Å². The summed E-state index contributed by atoms with van der Waals surface area (Å²) in [4.78, 5) is 2.01. The van der Waals surface area contributed by atoms with Crippen molar-refractivity contribution in [3.05, 3.63) is 33.4 Å². The second-order valence-electron chi connectivity index (χ2n) is 6.74. The van der Waals surface area contributed by atoms with Crippen LogP contribution >= 0.6 is 0 Å². The minimum Gasteiger partial charge on any atom is -0.376 e. The lowest BCUT2D eigenvalue weighted by atomic mass is 10.1. The fraction of sp³-hybridized carbons (Fsp3) is 0.762. The van der Waals surface area contributed by atoms with Crippen molar-refractivity contribution in [2.45, 2.75) is 58.7 Å². The highest BCUT2D eigenvalue weighted by atomic mass is 16.5. The molecule has 0 aliphatic carbocycles. The molecule has 2 aliphatic heterocycles. The lowest BCUT2D eigenvalue weighted by Gasteiger charge is -2.28. The molecule has 2 fully saturated rings. The van der Waals surface area contributed by atoms with Crippen LogP contribution in [-0.2, 0) is 9.47 Å². The zero-order chi connectivity index (χ0) is 21.7. The van der Waals surface area contributed by atoms with Crippen molar-refractivity contribution < 1.29 is 9.47 Å². The van der Waals surface area contributed by atoms with Gasteiger partial charge in [-0.05, 0) is 66.2 Å². The third-order valence-corrected chi connectivity index (χ3v) is 3.50. The van der Waals surface area contributed by atoms with Crippen LogP contribution in [0.1, 0.15) is 46.5 Å². The molecule has 0 aromatic heterocycles. The molecule has 3 unspecified atom stereocenters. The molecule has 2 saturated heterocycles. The smallest absolute Gasteiger partial charge is 0.0792 e. The van der Waals surface area contributed by atoms with Crippen molar-refractivity contribution in [3.63, 3.8) is 0 Å². The van der Waals surface area contributed by atoms with Gasteiger partial charge in [-0.1, -0.05) is 34.1 Å². The molecule has 163 valence electrons. The fourth-order valence-electron chi connectivity index (χ4n) is 1.00. The average molecular weight is 388 g/mol. The summed E-state index contributed by atoms with van der Waals surface area (Å²) in [5.74, 6) is 0.634. The van der Waals surface area contributed by atoms with Gasteiger partial charge in [0, 0.05) is 19.8 Å². The van der Waals surface area contributed by atoms with Crippen LogP contribution in [0.2, 0.25) is 0 Å². The molecule has 0 aromatic carbocycles. The zero-order valence-corrected chi connectivity index (χ0v) is 18.6. The van der Waals surface area contributed by atoms with Gasteiger partial charge in [0.05, 0.1) is 18.2 Å². The molecule has 6 heteroatoms. The van der Waals surface area contributed by atoms with E-state index in [1.165, 1.54) is 6.42 Å². The molecule has 2 aliphatic rings. The largest absolute Gasteiger partial charge is 0.376 e. The topological polar surface area (TPSA) is 99.8 Å². The Balaban J connectivity index is -0.000000271. The van der Waals surface area contributed by atoms with Crippen LogP contribution in [0.15, 0.2) is 0 Å². The Morgan fingerprint density at radius 2 is 1.59 bits per heavy atom. The Bertz CT molecular complexity index is 244. The van der Waals surface area contributed by atoms with Crippen LogP contribution in [0.25, 0.3) is 0 Å². The van der Waals surface area contributed by atoms with Crippen molar-refractivity contribution in [1.29, 1.82) is 0 Å². The molecule has 0 amide bonds. The number of nitrogens with two attached hydrogens (primary N) is 3. The van der Waals surface area contributed by atoms with Crippen LogP contribution in [0.4, 0.5) is 0 Å². The molecular formula is C21H47N4O2. The van der Waals surface area contributed by atoms with Gasteiger partial charge in [-0.15, -0.1) is 0 Å². The lowest BCUT2D eigenvalue weighted by molar-refractivity contribution is -0.0403. The molecule has 2 heterocycles. The van der Waals surface area contributed by atoms with E-state index in [0.29, 0.717) is 12.5 Å². The molecule has 0 bridgehead atoms. The quantitative estimate of drug-likeness (QED) is 0.670. The third kappa shape index (κ3) is 28.1. The minimum absolute atomic E-state index is 0.269. The van der Waals surface area contributed by atoms with E-state index in [4.69, 9.17) is 26.7 Å². The van der Waals surface area contributed by atoms with Crippen LogP contribution in [0.5, 0.6) is 0 Å². The first-order valence-electron chi connectivity index (χ1n) is 9.83. The first-order chi connectivity index (χ1) is 12.7. The van der Waals surface area contributed by atoms with E-state index in [0.717, 1.165) is 45.1 Å². The van der Waals surface area contributed by atoms with Crippen molar-refractivity contribution in [2.24, 2.45) is 23.1 Å². The van der Waals surface area contributed by atoms with Gasteiger partial charge >= 0.3 is 0 Å². The predicted molar refractivity (Wildman–Crippen MR) is 118 cm³/mol. The molecular weight excluding hydrogens is 340 g/mol. The summed E-state index contributed by atoms with van der Waals surface area (Å²) in [5, 5.41) is 0. The molecule has 3 atom stereocenters. The van der Waals surface area contributed by atoms with Crippen molar-refractivity contribution in [1.82, 2.24) is 4.90 Å². The Kier molecular flexibility index (Phi) is 27.7. The van der Waals surface area contributed by atoms with E-state index in [9.17, 15) is 0 Å². The third-order valence-electron chi connectivity index (χ3n) is 3.50. The average Bonchev–Trinajstić information content (AvgIpc) is 2.53. The molecule has 6 N–H and O–H groups in total. The molecule has 2 rings (SSSR count). The Labute approximate surface area is 170 Å². The van der Waals surface area contributed by atoms with Crippen LogP contribution in [0.3, 0.4) is 0 Å². The predicted octanol–water partition coefficient (Wildman–Crippen LogP) is 2.60. The number of ether oxygens (including phenoxy) is 2. The van der Waals surface area contributed by atoms with Gasteiger partial charge in [-0.2, -0.15) is 0 Å². The summed E-state index contributed by atoms with van der Waals surface area (Å²) in [6, 6.07) is 0.909. The summed E-state index contributed by atoms with van der Waals surface area (Å²) >= 11 is 0. The number of rotatable bonds is 5. The summed E-state index contributed by atoms with van der Waals surface area (Å²) in [7, 11) is 3.99. The molecule has 5 radical (unpaired) electrons. The highest BCUT2D eigenvalue weighted by molar-refractivity contribution is 4.90. The van der Waals surface area contributed by atoms with E-state index < -0.39 is 0 Å². The van der Waals surface area contributed by atoms with Crippen LogP contribution < -0.4 is 17.2 Å². The fourth-order valence-corrected chi connectivity index (χ4v) is 1.00. The summed E-state index contributed by atoms with van der Waals surface area (Å²) < 4.78 is 9.93. The summed E-state index contributed by atoms with van der Waals surface area (Å²) in [5.41, 5.74) is 15.4. The molecule has 27 heavy (non-hydrogen) atoms. The standard InChI is InChI=1S/C5H10NO.C5H11.C4H8NO.C4H10N.C3H8N/c1-4(6)5-2-3-7-5;1-4-5(2)3;5-3-4-1-2-6-4;1-4-5(2)3;1-2-3-4/h5H,2-3,6H2,1H3;5H,2,4H2,1,3H3;3-4H,1-2,5H2;1,4H2,2-3H3;1-4H2. The van der Waals surface area contributed by atoms with Gasteiger partial charge in [-0.3, -0.25) is 0 Å². The molecule has 6 nitrogen and oxygen atoms in total. The van der Waals surface area contributed by atoms with Crippen molar-refractivity contribution in [2.75, 3.05) is 40.4 Å². The highest BCUT2D eigenvalue weighted by Gasteiger charge is 2.21. The van der Waals surface area contributed by atoms with E-state index in [1.54, 1.807) is 6.54 Å². The van der Waals surface area contributed by atoms with Gasteiger partial charge in [0.1, 0.15) is 0 Å². The number of hydrogen-bond acceptors (Lipinski definition) is 6. The van der Waals surface area contributed by atoms with E-state index in [1.807, 2.05) is 25.9 Å². The maximum atomic E-state index is 5.39. The Morgan fingerprint density at radius 1 is 1.22 bits per heavy atom. The van der Waals surface area contributed by atoms with Crippen LogP contribution in [0, 0.1) is 39.3 Å². The zero-order valence-electron chi connectivity index (χ0n) is 18.6.